The molecule has 2 amide bonds. The first-order valence-corrected chi connectivity index (χ1v) is 8.32. The lowest BCUT2D eigenvalue weighted by Crippen LogP contribution is -2.43. The average molecular weight is 337 g/mol. The van der Waals surface area contributed by atoms with Crippen molar-refractivity contribution in [1.29, 1.82) is 0 Å². The van der Waals surface area contributed by atoms with Crippen molar-refractivity contribution in [2.75, 3.05) is 29.2 Å². The number of amides is 2. The Balaban J connectivity index is 1.56. The second-order valence-corrected chi connectivity index (χ2v) is 6.26. The second kappa shape index (κ2) is 6.12. The summed E-state index contributed by atoms with van der Waals surface area (Å²) < 4.78 is 5.11. The van der Waals surface area contributed by atoms with Gasteiger partial charge in [0.15, 0.2) is 0 Å². The molecule has 0 aromatic heterocycles. The Kier molecular flexibility index (Phi) is 3.80. The van der Waals surface area contributed by atoms with E-state index in [1.165, 1.54) is 0 Å². The number of hydrogen-bond acceptors (Lipinski definition) is 4. The molecule has 2 aromatic carbocycles. The van der Waals surface area contributed by atoms with Crippen LogP contribution in [0.2, 0.25) is 0 Å². The van der Waals surface area contributed by atoms with Gasteiger partial charge in [-0.2, -0.15) is 0 Å². The molecular formula is C19H19N3O3. The lowest BCUT2D eigenvalue weighted by atomic mass is 10.1. The number of carbonyl (C=O) groups is 2. The monoisotopic (exact) mass is 337 g/mol. The van der Waals surface area contributed by atoms with Gasteiger partial charge in [0.25, 0.3) is 5.91 Å². The zero-order valence-corrected chi connectivity index (χ0v) is 13.9. The quantitative estimate of drug-likeness (QED) is 0.903. The van der Waals surface area contributed by atoms with Crippen LogP contribution in [0.4, 0.5) is 17.1 Å². The highest BCUT2D eigenvalue weighted by Gasteiger charge is 2.36. The van der Waals surface area contributed by atoms with E-state index in [1.54, 1.807) is 43.5 Å². The van der Waals surface area contributed by atoms with E-state index in [9.17, 15) is 9.59 Å². The summed E-state index contributed by atoms with van der Waals surface area (Å²) >= 11 is 0. The zero-order chi connectivity index (χ0) is 17.4. The van der Waals surface area contributed by atoms with Gasteiger partial charge in [0, 0.05) is 17.8 Å². The third kappa shape index (κ3) is 2.80. The molecule has 0 unspecified atom stereocenters. The Morgan fingerprint density at radius 2 is 2.04 bits per heavy atom. The van der Waals surface area contributed by atoms with Gasteiger partial charge in [0.1, 0.15) is 11.8 Å². The third-order valence-corrected chi connectivity index (χ3v) is 4.73. The summed E-state index contributed by atoms with van der Waals surface area (Å²) in [7, 11) is 1.60. The van der Waals surface area contributed by atoms with Crippen LogP contribution >= 0.6 is 0 Å². The summed E-state index contributed by atoms with van der Waals surface area (Å²) in [6.45, 7) is 0.877. The highest BCUT2D eigenvalue weighted by Crippen LogP contribution is 2.37. The summed E-state index contributed by atoms with van der Waals surface area (Å²) in [4.78, 5) is 26.8. The fourth-order valence-electron chi connectivity index (χ4n) is 3.45. The van der Waals surface area contributed by atoms with Crippen molar-refractivity contribution in [3.8, 4) is 5.75 Å². The van der Waals surface area contributed by atoms with Crippen LogP contribution in [0.25, 0.3) is 0 Å². The lowest BCUT2D eigenvalue weighted by Gasteiger charge is -2.33. The lowest BCUT2D eigenvalue weighted by molar-refractivity contribution is -0.117. The summed E-state index contributed by atoms with van der Waals surface area (Å²) in [6, 6.07) is 12.5. The van der Waals surface area contributed by atoms with Crippen LogP contribution in [0.3, 0.4) is 0 Å². The molecule has 0 bridgehead atoms. The number of methoxy groups -OCH3 is 1. The maximum Gasteiger partial charge on any atom is 0.255 e. The number of carbonyl (C=O) groups excluding carboxylic acids is 2. The number of nitrogens with one attached hydrogen (secondary N) is 2. The van der Waals surface area contributed by atoms with Gasteiger partial charge in [-0.05, 0) is 55.3 Å². The molecule has 1 fully saturated rings. The first kappa shape index (κ1) is 15.5. The third-order valence-electron chi connectivity index (χ3n) is 4.73. The SMILES string of the molecule is COc1ccc(NC(=O)c2ccc3c(c2)NC(=O)[C@@H]2CCCN32)cc1. The molecule has 0 spiro atoms. The molecule has 0 radical (unpaired) electrons. The van der Waals surface area contributed by atoms with Crippen LogP contribution < -0.4 is 20.3 Å². The van der Waals surface area contributed by atoms with E-state index in [0.717, 1.165) is 30.8 Å². The van der Waals surface area contributed by atoms with E-state index in [1.807, 2.05) is 6.07 Å². The first-order chi connectivity index (χ1) is 12.2. The van der Waals surface area contributed by atoms with Gasteiger partial charge >= 0.3 is 0 Å². The fraction of sp³-hybridized carbons (Fsp3) is 0.263. The molecule has 1 atom stereocenters. The Morgan fingerprint density at radius 3 is 2.80 bits per heavy atom. The van der Waals surface area contributed by atoms with Crippen LogP contribution in [-0.4, -0.2) is 31.5 Å². The van der Waals surface area contributed by atoms with E-state index >= 15 is 0 Å². The summed E-state index contributed by atoms with van der Waals surface area (Å²) in [5.74, 6) is 0.526. The van der Waals surface area contributed by atoms with E-state index in [4.69, 9.17) is 4.74 Å². The topological polar surface area (TPSA) is 70.7 Å². The van der Waals surface area contributed by atoms with Crippen LogP contribution in [-0.2, 0) is 4.79 Å². The van der Waals surface area contributed by atoms with Gasteiger partial charge in [-0.25, -0.2) is 0 Å². The number of ether oxygens (including phenoxy) is 1. The van der Waals surface area contributed by atoms with Gasteiger partial charge in [0.2, 0.25) is 5.91 Å². The van der Waals surface area contributed by atoms with Gasteiger partial charge in [-0.15, -0.1) is 0 Å². The molecule has 25 heavy (non-hydrogen) atoms. The number of hydrogen-bond donors (Lipinski definition) is 2. The molecule has 2 heterocycles. The van der Waals surface area contributed by atoms with Crippen LogP contribution in [0.5, 0.6) is 5.75 Å². The fourth-order valence-corrected chi connectivity index (χ4v) is 3.45. The van der Waals surface area contributed by atoms with Crippen molar-refractivity contribution in [3.05, 3.63) is 48.0 Å². The van der Waals surface area contributed by atoms with Crippen molar-refractivity contribution in [2.45, 2.75) is 18.9 Å². The molecule has 1 saturated heterocycles. The minimum Gasteiger partial charge on any atom is -0.497 e. The predicted molar refractivity (Wildman–Crippen MR) is 96.4 cm³/mol. The molecule has 0 aliphatic carbocycles. The van der Waals surface area contributed by atoms with E-state index in [2.05, 4.69) is 15.5 Å². The molecule has 2 aliphatic rings. The van der Waals surface area contributed by atoms with Crippen molar-refractivity contribution >= 4 is 28.9 Å². The second-order valence-electron chi connectivity index (χ2n) is 6.26. The molecule has 128 valence electrons. The largest absolute Gasteiger partial charge is 0.497 e. The minimum absolute atomic E-state index is 0.0118. The minimum atomic E-state index is -0.217. The maximum atomic E-state index is 12.5. The number of nitrogens with zero attached hydrogens (tertiary/aromatic N) is 1. The summed E-state index contributed by atoms with van der Waals surface area (Å²) in [5, 5.41) is 5.78. The molecular weight excluding hydrogens is 318 g/mol. The van der Waals surface area contributed by atoms with Crippen molar-refractivity contribution < 1.29 is 14.3 Å². The number of rotatable bonds is 3. The maximum absolute atomic E-state index is 12.5. The Bertz CT molecular complexity index is 832. The molecule has 0 saturated carbocycles. The van der Waals surface area contributed by atoms with Crippen molar-refractivity contribution in [3.63, 3.8) is 0 Å². The average Bonchev–Trinajstić information content (AvgIpc) is 3.12. The first-order valence-electron chi connectivity index (χ1n) is 8.32. The van der Waals surface area contributed by atoms with Gasteiger partial charge in [-0.1, -0.05) is 0 Å². The Morgan fingerprint density at radius 1 is 1.24 bits per heavy atom. The van der Waals surface area contributed by atoms with Crippen LogP contribution in [0.1, 0.15) is 23.2 Å². The molecule has 4 rings (SSSR count). The number of fused-ring (bicyclic) bond motifs is 3. The highest BCUT2D eigenvalue weighted by molar-refractivity contribution is 6.08. The highest BCUT2D eigenvalue weighted by atomic mass is 16.5. The summed E-state index contributed by atoms with van der Waals surface area (Å²) in [5.41, 5.74) is 2.88. The van der Waals surface area contributed by atoms with Crippen molar-refractivity contribution in [2.24, 2.45) is 0 Å². The van der Waals surface area contributed by atoms with E-state index in [0.29, 0.717) is 16.9 Å². The van der Waals surface area contributed by atoms with E-state index < -0.39 is 0 Å². The smallest absolute Gasteiger partial charge is 0.255 e. The molecule has 6 heteroatoms. The molecule has 2 aromatic rings. The predicted octanol–water partition coefficient (Wildman–Crippen LogP) is 2.87. The van der Waals surface area contributed by atoms with Crippen LogP contribution in [0.15, 0.2) is 42.5 Å². The number of anilines is 3. The molecule has 6 nitrogen and oxygen atoms in total. The summed E-state index contributed by atoms with van der Waals surface area (Å²) in [6.07, 6.45) is 1.89. The van der Waals surface area contributed by atoms with Crippen molar-refractivity contribution in [1.82, 2.24) is 0 Å². The standard InChI is InChI=1S/C19H19N3O3/c1-25-14-7-5-13(6-8-14)20-18(23)12-4-9-16-15(11-12)21-19(24)17-3-2-10-22(16)17/h4-9,11,17H,2-3,10H2,1H3,(H,20,23)(H,21,24)/t17-/m0/s1. The van der Waals surface area contributed by atoms with E-state index in [-0.39, 0.29) is 17.9 Å². The normalized spacial score (nSPS) is 18.2. The van der Waals surface area contributed by atoms with Gasteiger partial charge in [0.05, 0.1) is 18.5 Å². The zero-order valence-electron chi connectivity index (χ0n) is 13.9. The molecule has 2 aliphatic heterocycles. The van der Waals surface area contributed by atoms with Gasteiger partial charge in [-0.3, -0.25) is 9.59 Å². The van der Waals surface area contributed by atoms with Crippen LogP contribution in [0, 0.1) is 0 Å². The van der Waals surface area contributed by atoms with Gasteiger partial charge < -0.3 is 20.3 Å². The Labute approximate surface area is 145 Å². The Hall–Kier alpha value is -3.02. The molecule has 2 N–H and O–H groups in total. The number of benzene rings is 2.